The number of hydrogen-bond acceptors (Lipinski definition) is 7. The number of aldehydes is 1. The fraction of sp³-hybridized carbons (Fsp3) is 0.444. The van der Waals surface area contributed by atoms with E-state index in [1.165, 1.54) is 13.3 Å². The van der Waals surface area contributed by atoms with Crippen LogP contribution in [0.3, 0.4) is 0 Å². The first-order valence-corrected chi connectivity index (χ1v) is 12.6. The molecule has 2 fully saturated rings. The predicted molar refractivity (Wildman–Crippen MR) is 132 cm³/mol. The summed E-state index contributed by atoms with van der Waals surface area (Å²) >= 11 is 0. The van der Waals surface area contributed by atoms with Gasteiger partial charge in [-0.15, -0.1) is 0 Å². The van der Waals surface area contributed by atoms with E-state index in [2.05, 4.69) is 10.3 Å². The number of amides is 3. The van der Waals surface area contributed by atoms with Crippen LogP contribution in [0.2, 0.25) is 0 Å². The van der Waals surface area contributed by atoms with Gasteiger partial charge in [0.25, 0.3) is 11.8 Å². The summed E-state index contributed by atoms with van der Waals surface area (Å²) in [5, 5.41) is 2.72. The normalized spacial score (nSPS) is 23.3. The number of nitrogens with one attached hydrogen (secondary N) is 1. The number of methoxy groups -OCH3 is 1. The van der Waals surface area contributed by atoms with Crippen molar-refractivity contribution in [2.45, 2.75) is 50.2 Å². The number of nitrogens with zero attached hydrogens (tertiary/aromatic N) is 3. The Kier molecular flexibility index (Phi) is 6.82. The van der Waals surface area contributed by atoms with Gasteiger partial charge in [0.15, 0.2) is 0 Å². The Bertz CT molecular complexity index is 1220. The van der Waals surface area contributed by atoms with Crippen LogP contribution in [0.25, 0.3) is 0 Å². The van der Waals surface area contributed by atoms with Crippen LogP contribution < -0.4 is 14.8 Å². The summed E-state index contributed by atoms with van der Waals surface area (Å²) in [6.45, 7) is 1.33. The Morgan fingerprint density at radius 2 is 2.14 bits per heavy atom. The summed E-state index contributed by atoms with van der Waals surface area (Å²) in [6, 6.07) is 6.86. The SMILES string of the molecule is COc1ccncc1C(=O)N1CCCC[C@@H]1COc1ccc2c(c1)CN(C1(C=O)CCC(=O)NC1)C2=O. The summed E-state index contributed by atoms with van der Waals surface area (Å²) in [5.74, 6) is 0.618. The van der Waals surface area contributed by atoms with Crippen molar-refractivity contribution in [2.24, 2.45) is 0 Å². The molecule has 1 aromatic heterocycles. The largest absolute Gasteiger partial charge is 0.496 e. The van der Waals surface area contributed by atoms with Crippen LogP contribution in [0.15, 0.2) is 36.7 Å². The van der Waals surface area contributed by atoms with Crippen molar-refractivity contribution in [3.05, 3.63) is 53.3 Å². The maximum absolute atomic E-state index is 13.3. The van der Waals surface area contributed by atoms with Gasteiger partial charge in [0.2, 0.25) is 5.91 Å². The van der Waals surface area contributed by atoms with Gasteiger partial charge in [-0.2, -0.15) is 0 Å². The molecule has 10 heteroatoms. The lowest BCUT2D eigenvalue weighted by Gasteiger charge is -2.40. The molecule has 1 N–H and O–H groups in total. The van der Waals surface area contributed by atoms with Crippen LogP contribution in [0.1, 0.15) is 58.4 Å². The van der Waals surface area contributed by atoms with Gasteiger partial charge in [-0.05, 0) is 55.5 Å². The molecule has 2 aromatic rings. The van der Waals surface area contributed by atoms with Crippen molar-refractivity contribution < 1.29 is 28.7 Å². The molecule has 3 aliphatic rings. The highest BCUT2D eigenvalue weighted by Crippen LogP contribution is 2.34. The Morgan fingerprint density at radius 1 is 1.27 bits per heavy atom. The molecule has 2 saturated heterocycles. The predicted octanol–water partition coefficient (Wildman–Crippen LogP) is 1.97. The van der Waals surface area contributed by atoms with Crippen LogP contribution in [-0.2, 0) is 16.1 Å². The molecule has 1 aromatic carbocycles. The van der Waals surface area contributed by atoms with E-state index in [1.807, 2.05) is 11.0 Å². The third kappa shape index (κ3) is 4.63. The van der Waals surface area contributed by atoms with Crippen molar-refractivity contribution in [3.63, 3.8) is 0 Å². The number of likely N-dealkylation sites (tertiary alicyclic amines) is 1. The molecular formula is C27H30N4O6. The summed E-state index contributed by atoms with van der Waals surface area (Å²) in [6.07, 6.45) is 7.14. The van der Waals surface area contributed by atoms with Crippen molar-refractivity contribution in [1.82, 2.24) is 20.1 Å². The Balaban J connectivity index is 1.28. The molecule has 2 atom stereocenters. The molecule has 0 bridgehead atoms. The highest BCUT2D eigenvalue weighted by Gasteiger charge is 2.46. The summed E-state index contributed by atoms with van der Waals surface area (Å²) < 4.78 is 11.5. The van der Waals surface area contributed by atoms with Gasteiger partial charge in [0.05, 0.1) is 18.7 Å². The molecule has 4 heterocycles. The molecule has 5 rings (SSSR count). The summed E-state index contributed by atoms with van der Waals surface area (Å²) in [4.78, 5) is 57.6. The Morgan fingerprint density at radius 3 is 2.89 bits per heavy atom. The van der Waals surface area contributed by atoms with Crippen molar-refractivity contribution in [2.75, 3.05) is 26.8 Å². The second-order valence-corrected chi connectivity index (χ2v) is 9.74. The Hall–Kier alpha value is -3.95. The smallest absolute Gasteiger partial charge is 0.259 e. The summed E-state index contributed by atoms with van der Waals surface area (Å²) in [7, 11) is 1.53. The first kappa shape index (κ1) is 24.7. The standard InChI is InChI=1S/C27H30N4O6/c1-36-23-8-10-28-13-22(23)25(34)30-11-3-2-4-19(30)15-37-20-5-6-21-18(12-20)14-31(26(21)35)27(17-32)9-7-24(33)29-16-27/h5-6,8,10,12-13,17,19H,2-4,7,9,11,14-16H2,1H3,(H,29,33)/t19-,27?/m1/s1. The maximum Gasteiger partial charge on any atom is 0.259 e. The molecular weight excluding hydrogens is 476 g/mol. The average molecular weight is 507 g/mol. The molecule has 3 aliphatic heterocycles. The maximum atomic E-state index is 13.3. The van der Waals surface area contributed by atoms with E-state index in [9.17, 15) is 19.2 Å². The van der Waals surface area contributed by atoms with Gasteiger partial charge in [0.1, 0.15) is 29.9 Å². The number of carbonyl (C=O) groups excluding carboxylic acids is 4. The van der Waals surface area contributed by atoms with Crippen molar-refractivity contribution >= 4 is 24.0 Å². The number of fused-ring (bicyclic) bond motifs is 1. The molecule has 0 spiro atoms. The van der Waals surface area contributed by atoms with E-state index < -0.39 is 5.54 Å². The number of benzene rings is 1. The van der Waals surface area contributed by atoms with E-state index in [1.54, 1.807) is 29.3 Å². The second kappa shape index (κ2) is 10.2. The average Bonchev–Trinajstić information content (AvgIpc) is 3.28. The minimum atomic E-state index is -1.04. The summed E-state index contributed by atoms with van der Waals surface area (Å²) in [5.41, 5.74) is 0.693. The fourth-order valence-electron chi connectivity index (χ4n) is 5.41. The quantitative estimate of drug-likeness (QED) is 0.571. The number of carbonyl (C=O) groups is 4. The van der Waals surface area contributed by atoms with Crippen LogP contribution in [0.5, 0.6) is 11.5 Å². The monoisotopic (exact) mass is 506 g/mol. The number of rotatable bonds is 7. The molecule has 10 nitrogen and oxygen atoms in total. The van der Waals surface area contributed by atoms with Crippen LogP contribution in [0.4, 0.5) is 0 Å². The molecule has 0 radical (unpaired) electrons. The van der Waals surface area contributed by atoms with Gasteiger partial charge in [0, 0.05) is 44.0 Å². The van der Waals surface area contributed by atoms with E-state index in [-0.39, 0.29) is 43.3 Å². The lowest BCUT2D eigenvalue weighted by molar-refractivity contribution is -0.128. The lowest BCUT2D eigenvalue weighted by Crippen LogP contribution is -2.60. The first-order valence-electron chi connectivity index (χ1n) is 12.6. The van der Waals surface area contributed by atoms with Crippen molar-refractivity contribution in [3.8, 4) is 11.5 Å². The number of aromatic nitrogens is 1. The van der Waals surface area contributed by atoms with E-state index >= 15 is 0 Å². The highest BCUT2D eigenvalue weighted by molar-refractivity contribution is 6.01. The third-order valence-electron chi connectivity index (χ3n) is 7.58. The minimum Gasteiger partial charge on any atom is -0.496 e. The van der Waals surface area contributed by atoms with E-state index in [0.717, 1.165) is 31.1 Å². The van der Waals surface area contributed by atoms with Gasteiger partial charge >= 0.3 is 0 Å². The zero-order valence-corrected chi connectivity index (χ0v) is 20.8. The van der Waals surface area contributed by atoms with Crippen LogP contribution in [0, 0.1) is 0 Å². The molecule has 194 valence electrons. The molecule has 0 aliphatic carbocycles. The number of piperidine rings is 2. The molecule has 1 unspecified atom stereocenters. The Labute approximate surface area is 214 Å². The molecule has 37 heavy (non-hydrogen) atoms. The third-order valence-corrected chi connectivity index (χ3v) is 7.58. The zero-order chi connectivity index (χ0) is 26.0. The van der Waals surface area contributed by atoms with E-state index in [4.69, 9.17) is 9.47 Å². The van der Waals surface area contributed by atoms with E-state index in [0.29, 0.717) is 42.2 Å². The fourth-order valence-corrected chi connectivity index (χ4v) is 5.41. The van der Waals surface area contributed by atoms with Gasteiger partial charge < -0.3 is 29.4 Å². The number of ether oxygens (including phenoxy) is 2. The van der Waals surface area contributed by atoms with Crippen LogP contribution in [-0.4, -0.2) is 77.2 Å². The second-order valence-electron chi connectivity index (χ2n) is 9.74. The van der Waals surface area contributed by atoms with Gasteiger partial charge in [-0.3, -0.25) is 19.4 Å². The molecule has 0 saturated carbocycles. The highest BCUT2D eigenvalue weighted by atomic mass is 16.5. The van der Waals surface area contributed by atoms with Gasteiger partial charge in [-0.25, -0.2) is 0 Å². The zero-order valence-electron chi connectivity index (χ0n) is 20.8. The lowest BCUT2D eigenvalue weighted by atomic mass is 9.89. The topological polar surface area (TPSA) is 118 Å². The first-order chi connectivity index (χ1) is 18.0. The number of pyridine rings is 1. The molecule has 3 amide bonds. The minimum absolute atomic E-state index is 0.110. The van der Waals surface area contributed by atoms with Crippen molar-refractivity contribution in [1.29, 1.82) is 0 Å². The number of hydrogen-bond donors (Lipinski definition) is 1. The van der Waals surface area contributed by atoms with Gasteiger partial charge in [-0.1, -0.05) is 0 Å². The van der Waals surface area contributed by atoms with Crippen LogP contribution >= 0.6 is 0 Å².